The number of hydrogen-bond acceptors (Lipinski definition) is 5. The van der Waals surface area contributed by atoms with E-state index in [1.807, 2.05) is 12.1 Å². The highest BCUT2D eigenvalue weighted by Gasteiger charge is 2.28. The van der Waals surface area contributed by atoms with Gasteiger partial charge in [-0.15, -0.1) is 0 Å². The Morgan fingerprint density at radius 3 is 2.44 bits per heavy atom. The van der Waals surface area contributed by atoms with Gasteiger partial charge in [0.2, 0.25) is 6.79 Å². The second-order valence-corrected chi connectivity index (χ2v) is 10.4. The Hall–Kier alpha value is -3.18. The Morgan fingerprint density at radius 1 is 0.889 bits per heavy atom. The number of piperidine rings is 1. The molecule has 1 fully saturated rings. The Kier molecular flexibility index (Phi) is 6.49. The van der Waals surface area contributed by atoms with Gasteiger partial charge in [-0.25, -0.2) is 0 Å². The molecule has 3 aromatic carbocycles. The Labute approximate surface area is 214 Å². The lowest BCUT2D eigenvalue weighted by Gasteiger charge is -2.32. The second-order valence-electron chi connectivity index (χ2n) is 10.4. The van der Waals surface area contributed by atoms with E-state index in [0.29, 0.717) is 17.6 Å². The summed E-state index contributed by atoms with van der Waals surface area (Å²) in [4.78, 5) is 2.48. The van der Waals surface area contributed by atoms with E-state index in [9.17, 15) is 5.11 Å². The molecular formula is C31H36N2O3. The average molecular weight is 485 g/mol. The minimum atomic E-state index is 0.287. The van der Waals surface area contributed by atoms with Crippen molar-refractivity contribution >= 4 is 5.69 Å². The highest BCUT2D eigenvalue weighted by molar-refractivity contribution is 5.64. The van der Waals surface area contributed by atoms with Crippen molar-refractivity contribution in [1.29, 1.82) is 0 Å². The van der Waals surface area contributed by atoms with E-state index < -0.39 is 0 Å². The molecule has 2 aliphatic heterocycles. The zero-order valence-corrected chi connectivity index (χ0v) is 21.1. The van der Waals surface area contributed by atoms with Crippen molar-refractivity contribution in [2.24, 2.45) is 0 Å². The topological polar surface area (TPSA) is 54.0 Å². The summed E-state index contributed by atoms with van der Waals surface area (Å²) >= 11 is 0. The summed E-state index contributed by atoms with van der Waals surface area (Å²) < 4.78 is 11.6. The first-order valence-electron chi connectivity index (χ1n) is 13.5. The summed E-state index contributed by atoms with van der Waals surface area (Å²) in [5.74, 6) is 3.14. The lowest BCUT2D eigenvalue weighted by Crippen LogP contribution is -2.26. The first-order valence-corrected chi connectivity index (χ1v) is 13.5. The highest BCUT2D eigenvalue weighted by Crippen LogP contribution is 2.45. The van der Waals surface area contributed by atoms with Crippen LogP contribution in [-0.2, 0) is 19.4 Å². The summed E-state index contributed by atoms with van der Waals surface area (Å²) in [5.41, 5.74) is 8.00. The van der Waals surface area contributed by atoms with Crippen LogP contribution in [0.5, 0.6) is 17.2 Å². The molecule has 3 aliphatic rings. The van der Waals surface area contributed by atoms with Gasteiger partial charge in [-0.3, -0.25) is 0 Å². The molecular weight excluding hydrogens is 448 g/mol. The van der Waals surface area contributed by atoms with Crippen molar-refractivity contribution in [3.63, 3.8) is 0 Å². The molecule has 6 rings (SSSR count). The number of rotatable bonds is 6. The molecule has 2 N–H and O–H groups in total. The molecule has 0 spiro atoms. The number of nitrogens with zero attached hydrogens (tertiary/aromatic N) is 1. The first kappa shape index (κ1) is 23.2. The largest absolute Gasteiger partial charge is 0.508 e. The molecule has 5 nitrogen and oxygen atoms in total. The number of phenols is 1. The highest BCUT2D eigenvalue weighted by atomic mass is 16.7. The predicted octanol–water partition coefficient (Wildman–Crippen LogP) is 5.89. The second kappa shape index (κ2) is 10.1. The van der Waals surface area contributed by atoms with Crippen molar-refractivity contribution in [3.8, 4) is 17.2 Å². The molecule has 36 heavy (non-hydrogen) atoms. The van der Waals surface area contributed by atoms with E-state index in [1.54, 1.807) is 0 Å². The van der Waals surface area contributed by atoms with Gasteiger partial charge >= 0.3 is 0 Å². The molecule has 0 aromatic heterocycles. The summed E-state index contributed by atoms with van der Waals surface area (Å²) in [7, 11) is 0. The minimum Gasteiger partial charge on any atom is -0.508 e. The average Bonchev–Trinajstić information content (AvgIpc) is 3.39. The van der Waals surface area contributed by atoms with Crippen molar-refractivity contribution < 1.29 is 14.6 Å². The molecule has 188 valence electrons. The molecule has 0 amide bonds. The van der Waals surface area contributed by atoms with Crippen LogP contribution in [0.4, 0.5) is 5.69 Å². The third-order valence-corrected chi connectivity index (χ3v) is 8.27. The van der Waals surface area contributed by atoms with Crippen LogP contribution in [0.15, 0.2) is 54.6 Å². The fourth-order valence-corrected chi connectivity index (χ4v) is 6.19. The molecule has 2 heterocycles. The van der Waals surface area contributed by atoms with Crippen molar-refractivity contribution in [1.82, 2.24) is 5.32 Å². The third kappa shape index (κ3) is 4.64. The minimum absolute atomic E-state index is 0.287. The van der Waals surface area contributed by atoms with Crippen molar-refractivity contribution in [3.05, 3.63) is 82.4 Å². The Bertz CT molecular complexity index is 1220. The van der Waals surface area contributed by atoms with Crippen molar-refractivity contribution in [2.75, 3.05) is 31.3 Å². The summed E-state index contributed by atoms with van der Waals surface area (Å²) in [6, 6.07) is 19.6. The summed E-state index contributed by atoms with van der Waals surface area (Å²) in [6.07, 6.45) is 5.47. The molecule has 0 bridgehead atoms. The van der Waals surface area contributed by atoms with E-state index in [2.05, 4.69) is 59.6 Å². The van der Waals surface area contributed by atoms with Gasteiger partial charge in [0.05, 0.1) is 0 Å². The number of nitrogens with one attached hydrogen (secondary N) is 1. The molecule has 3 aromatic rings. The Morgan fingerprint density at radius 2 is 1.67 bits per heavy atom. The first-order chi connectivity index (χ1) is 17.7. The standard InChI is InChI=1S/C31H36N2O3/c1-2-33(19-21-3-5-22(6-4-21)23-11-13-32-14-12-23)29-18-31-30(35-20-36-31)17-28(29)26-8-7-25-16-27(34)10-9-24(25)15-26/h3-6,9-10,16-18,23,26,32,34H,2,7-8,11-15,19-20H2,1H3. The van der Waals surface area contributed by atoms with Crippen LogP contribution in [0.2, 0.25) is 0 Å². The van der Waals surface area contributed by atoms with Crippen LogP contribution in [-0.4, -0.2) is 31.5 Å². The fourth-order valence-electron chi connectivity index (χ4n) is 6.19. The van der Waals surface area contributed by atoms with Gasteiger partial charge in [0.1, 0.15) is 5.75 Å². The lowest BCUT2D eigenvalue weighted by atomic mass is 9.79. The number of hydrogen-bond donors (Lipinski definition) is 2. The van der Waals surface area contributed by atoms with Gasteiger partial charge in [-0.2, -0.15) is 0 Å². The quantitative estimate of drug-likeness (QED) is 0.457. The fraction of sp³-hybridized carbons (Fsp3) is 0.419. The van der Waals surface area contributed by atoms with Gasteiger partial charge in [0.15, 0.2) is 11.5 Å². The van der Waals surface area contributed by atoms with Crippen molar-refractivity contribution in [2.45, 2.75) is 57.4 Å². The van der Waals surface area contributed by atoms with Crippen LogP contribution < -0.4 is 19.7 Å². The number of aryl methyl sites for hydroxylation is 1. The van der Waals surface area contributed by atoms with E-state index in [1.165, 1.54) is 46.3 Å². The lowest BCUT2D eigenvalue weighted by molar-refractivity contribution is 0.174. The molecule has 0 saturated carbocycles. The van der Waals surface area contributed by atoms with Gasteiger partial charge in [-0.05, 0) is 110 Å². The zero-order valence-electron chi connectivity index (χ0n) is 21.1. The van der Waals surface area contributed by atoms with E-state index in [4.69, 9.17) is 9.47 Å². The van der Waals surface area contributed by atoms with E-state index >= 15 is 0 Å². The zero-order chi connectivity index (χ0) is 24.5. The SMILES string of the molecule is CCN(Cc1ccc(C2CCNCC2)cc1)c1cc2c(cc1C1CCc3cc(O)ccc3C1)OCO2. The molecule has 0 radical (unpaired) electrons. The molecule has 1 aliphatic carbocycles. The number of ether oxygens (including phenoxy) is 2. The van der Waals surface area contributed by atoms with E-state index in [0.717, 1.165) is 56.9 Å². The molecule has 1 saturated heterocycles. The molecule has 1 unspecified atom stereocenters. The number of benzene rings is 3. The molecule has 5 heteroatoms. The summed E-state index contributed by atoms with van der Waals surface area (Å²) in [6.45, 7) is 6.55. The predicted molar refractivity (Wildman–Crippen MR) is 143 cm³/mol. The number of phenolic OH excluding ortho intramolecular Hbond substituents is 1. The number of aromatic hydroxyl groups is 1. The maximum atomic E-state index is 9.92. The number of fused-ring (bicyclic) bond motifs is 2. The molecule has 1 atom stereocenters. The van der Waals surface area contributed by atoms with Crippen LogP contribution in [0, 0.1) is 0 Å². The normalized spacial score (nSPS) is 19.2. The van der Waals surface area contributed by atoms with Gasteiger partial charge in [-0.1, -0.05) is 30.3 Å². The van der Waals surface area contributed by atoms with Gasteiger partial charge in [0, 0.05) is 24.8 Å². The maximum Gasteiger partial charge on any atom is 0.231 e. The number of anilines is 1. The smallest absolute Gasteiger partial charge is 0.231 e. The van der Waals surface area contributed by atoms with E-state index in [-0.39, 0.29) is 6.79 Å². The van der Waals surface area contributed by atoms with Crippen LogP contribution in [0.25, 0.3) is 0 Å². The van der Waals surface area contributed by atoms with Gasteiger partial charge in [0.25, 0.3) is 0 Å². The van der Waals surface area contributed by atoms with Crippen LogP contribution in [0.1, 0.15) is 65.8 Å². The maximum absolute atomic E-state index is 9.92. The third-order valence-electron chi connectivity index (χ3n) is 8.27. The van der Waals surface area contributed by atoms with Crippen LogP contribution in [0.3, 0.4) is 0 Å². The monoisotopic (exact) mass is 484 g/mol. The van der Waals surface area contributed by atoms with Crippen LogP contribution >= 0.6 is 0 Å². The summed E-state index contributed by atoms with van der Waals surface area (Å²) in [5, 5.41) is 13.4. The van der Waals surface area contributed by atoms with Gasteiger partial charge < -0.3 is 24.8 Å². The Balaban J connectivity index is 1.28.